The normalized spacial score (nSPS) is 21.1. The largest absolute Gasteiger partial charge is 0.389 e. The van der Waals surface area contributed by atoms with E-state index in [0.717, 1.165) is 31.6 Å². The summed E-state index contributed by atoms with van der Waals surface area (Å²) in [5.74, 6) is 1.11. The molecule has 0 amide bonds. The predicted molar refractivity (Wildman–Crippen MR) is 75.4 cm³/mol. The maximum Gasteiger partial charge on any atom is 0.136 e. The third-order valence-electron chi connectivity index (χ3n) is 4.23. The first kappa shape index (κ1) is 12.7. The van der Waals surface area contributed by atoms with Gasteiger partial charge in [0, 0.05) is 31.1 Å². The summed E-state index contributed by atoms with van der Waals surface area (Å²) in [6.45, 7) is 3.59. The van der Waals surface area contributed by atoms with Crippen molar-refractivity contribution in [3.63, 3.8) is 0 Å². The third kappa shape index (κ3) is 2.81. The lowest BCUT2D eigenvalue weighted by Gasteiger charge is -2.38. The van der Waals surface area contributed by atoms with E-state index in [0.29, 0.717) is 24.0 Å². The van der Waals surface area contributed by atoms with Crippen LogP contribution in [0.1, 0.15) is 37.7 Å². The Morgan fingerprint density at radius 2 is 1.95 bits per heavy atom. The van der Waals surface area contributed by atoms with Gasteiger partial charge in [-0.05, 0) is 36.5 Å². The van der Waals surface area contributed by atoms with Crippen LogP contribution in [-0.4, -0.2) is 30.1 Å². The minimum absolute atomic E-state index is 0.172. The Morgan fingerprint density at radius 3 is 2.47 bits per heavy atom. The molecule has 2 aliphatic rings. The molecule has 1 aliphatic carbocycles. The molecule has 19 heavy (non-hydrogen) atoms. The number of aliphatic hydroxyl groups is 1. The van der Waals surface area contributed by atoms with Gasteiger partial charge < -0.3 is 10.0 Å². The molecule has 1 aromatic carbocycles. The molecule has 102 valence electrons. The molecule has 1 saturated carbocycles. The summed E-state index contributed by atoms with van der Waals surface area (Å²) in [4.78, 5) is 14.0. The number of benzene rings is 1. The first-order chi connectivity index (χ1) is 9.13. The minimum Gasteiger partial charge on any atom is -0.389 e. The lowest BCUT2D eigenvalue weighted by atomic mass is 9.94. The number of Topliss-reactive ketones (excluding diaryl/α,β-unsaturated/α-hetero) is 1. The Balaban J connectivity index is 1.59. The molecule has 0 bridgehead atoms. The van der Waals surface area contributed by atoms with Crippen LogP contribution in [0.25, 0.3) is 0 Å². The van der Waals surface area contributed by atoms with Crippen LogP contribution in [0.15, 0.2) is 24.3 Å². The van der Waals surface area contributed by atoms with Crippen molar-refractivity contribution in [1.82, 2.24) is 0 Å². The van der Waals surface area contributed by atoms with E-state index < -0.39 is 0 Å². The fourth-order valence-electron chi connectivity index (χ4n) is 2.67. The molecular formula is C16H21NO2. The number of carbonyl (C=O) groups is 1. The van der Waals surface area contributed by atoms with E-state index in [4.69, 9.17) is 0 Å². The van der Waals surface area contributed by atoms with E-state index in [1.54, 1.807) is 0 Å². The van der Waals surface area contributed by atoms with E-state index in [-0.39, 0.29) is 6.10 Å². The van der Waals surface area contributed by atoms with Gasteiger partial charge in [-0.1, -0.05) is 19.1 Å². The second-order valence-electron chi connectivity index (χ2n) is 6.00. The fraction of sp³-hybridized carbons (Fsp3) is 0.562. The summed E-state index contributed by atoms with van der Waals surface area (Å²) in [6.07, 6.45) is 2.70. The smallest absolute Gasteiger partial charge is 0.136 e. The molecule has 0 aromatic heterocycles. The van der Waals surface area contributed by atoms with Gasteiger partial charge in [0.15, 0.2) is 0 Å². The highest BCUT2D eigenvalue weighted by Crippen LogP contribution is 2.34. The van der Waals surface area contributed by atoms with E-state index in [1.807, 2.05) is 0 Å². The molecule has 2 fully saturated rings. The van der Waals surface area contributed by atoms with Crippen LogP contribution in [0.4, 0.5) is 5.69 Å². The Bertz CT molecular complexity index is 458. The predicted octanol–water partition coefficient (Wildman–Crippen LogP) is 2.34. The Morgan fingerprint density at radius 1 is 1.32 bits per heavy atom. The fourth-order valence-corrected chi connectivity index (χ4v) is 2.67. The first-order valence-electron chi connectivity index (χ1n) is 7.19. The molecule has 3 rings (SSSR count). The van der Waals surface area contributed by atoms with Crippen molar-refractivity contribution in [2.45, 2.75) is 38.2 Å². The number of hydrogen-bond donors (Lipinski definition) is 1. The van der Waals surface area contributed by atoms with Crippen LogP contribution in [0.5, 0.6) is 0 Å². The van der Waals surface area contributed by atoms with E-state index in [9.17, 15) is 9.90 Å². The van der Waals surface area contributed by atoms with Crippen LogP contribution < -0.4 is 4.90 Å². The maximum absolute atomic E-state index is 11.8. The molecule has 3 nitrogen and oxygen atoms in total. The van der Waals surface area contributed by atoms with Crippen LogP contribution >= 0.6 is 0 Å². The summed E-state index contributed by atoms with van der Waals surface area (Å²) in [7, 11) is 0. The lowest BCUT2D eigenvalue weighted by Crippen LogP contribution is -2.50. The van der Waals surface area contributed by atoms with Crippen molar-refractivity contribution in [1.29, 1.82) is 0 Å². The van der Waals surface area contributed by atoms with Crippen molar-refractivity contribution < 1.29 is 9.90 Å². The van der Waals surface area contributed by atoms with Crippen LogP contribution in [0, 0.1) is 5.92 Å². The van der Waals surface area contributed by atoms with Crippen molar-refractivity contribution in [3.8, 4) is 0 Å². The summed E-state index contributed by atoms with van der Waals surface area (Å²) < 4.78 is 0. The van der Waals surface area contributed by atoms with Gasteiger partial charge in [0.1, 0.15) is 5.78 Å². The van der Waals surface area contributed by atoms with Crippen molar-refractivity contribution in [2.24, 2.45) is 5.92 Å². The molecule has 1 aliphatic heterocycles. The van der Waals surface area contributed by atoms with Crippen LogP contribution in [0.3, 0.4) is 0 Å². The van der Waals surface area contributed by atoms with E-state index in [1.165, 1.54) is 5.56 Å². The number of rotatable bonds is 5. The van der Waals surface area contributed by atoms with E-state index >= 15 is 0 Å². The first-order valence-corrected chi connectivity index (χ1v) is 7.19. The maximum atomic E-state index is 11.8. The number of β-amino-alcohol motifs (C(OH)–C–C–N with tert-alkyl or cyclic N) is 1. The third-order valence-corrected chi connectivity index (χ3v) is 4.23. The summed E-state index contributed by atoms with van der Waals surface area (Å²) in [5.41, 5.74) is 2.40. The molecule has 0 spiro atoms. The number of aliphatic hydroxyl groups excluding tert-OH is 1. The van der Waals surface area contributed by atoms with Gasteiger partial charge in [-0.15, -0.1) is 0 Å². The van der Waals surface area contributed by atoms with E-state index in [2.05, 4.69) is 36.1 Å². The van der Waals surface area contributed by atoms with Gasteiger partial charge in [0.25, 0.3) is 0 Å². The number of anilines is 1. The number of hydrogen-bond acceptors (Lipinski definition) is 3. The molecule has 0 unspecified atom stereocenters. The Labute approximate surface area is 114 Å². The van der Waals surface area contributed by atoms with Crippen molar-refractivity contribution in [3.05, 3.63) is 29.8 Å². The zero-order chi connectivity index (χ0) is 13.4. The topological polar surface area (TPSA) is 40.5 Å². The average Bonchev–Trinajstić information content (AvgIpc) is 3.19. The zero-order valence-electron chi connectivity index (χ0n) is 11.4. The number of nitrogens with zero attached hydrogens (tertiary/aromatic N) is 1. The number of carbonyl (C=O) groups excluding carboxylic acids is 1. The quantitative estimate of drug-likeness (QED) is 0.882. The van der Waals surface area contributed by atoms with Gasteiger partial charge in [-0.2, -0.15) is 0 Å². The summed E-state index contributed by atoms with van der Waals surface area (Å²) >= 11 is 0. The lowest BCUT2D eigenvalue weighted by molar-refractivity contribution is -0.120. The summed E-state index contributed by atoms with van der Waals surface area (Å²) in [6, 6.07) is 8.42. The molecule has 1 aromatic rings. The molecular weight excluding hydrogens is 238 g/mol. The van der Waals surface area contributed by atoms with Crippen LogP contribution in [0.2, 0.25) is 0 Å². The Kier molecular flexibility index (Phi) is 3.31. The monoisotopic (exact) mass is 259 g/mol. The molecule has 1 saturated heterocycles. The van der Waals surface area contributed by atoms with Gasteiger partial charge in [-0.25, -0.2) is 0 Å². The van der Waals surface area contributed by atoms with Gasteiger partial charge >= 0.3 is 0 Å². The van der Waals surface area contributed by atoms with Gasteiger partial charge in [-0.3, -0.25) is 4.79 Å². The zero-order valence-corrected chi connectivity index (χ0v) is 11.4. The minimum atomic E-state index is -0.172. The second-order valence-corrected chi connectivity index (χ2v) is 6.00. The van der Waals surface area contributed by atoms with Gasteiger partial charge in [0.2, 0.25) is 0 Å². The van der Waals surface area contributed by atoms with Gasteiger partial charge in [0.05, 0.1) is 6.10 Å². The van der Waals surface area contributed by atoms with Crippen molar-refractivity contribution >= 4 is 11.5 Å². The van der Waals surface area contributed by atoms with Crippen LogP contribution in [-0.2, 0) is 4.79 Å². The van der Waals surface area contributed by atoms with Crippen molar-refractivity contribution in [2.75, 3.05) is 18.0 Å². The highest BCUT2D eigenvalue weighted by atomic mass is 16.3. The second kappa shape index (κ2) is 4.97. The molecule has 1 atom stereocenters. The molecule has 1 N–H and O–H groups in total. The molecule has 0 radical (unpaired) electrons. The summed E-state index contributed by atoms with van der Waals surface area (Å²) in [5, 5.41) is 9.30. The standard InChI is InChI=1S/C16H21NO2/c1-11(8-16(19)13-2-3-13)12-4-6-14(7-5-12)17-9-15(18)10-17/h4-7,11,13,15,18H,2-3,8-10H2,1H3/t11-/m1/s1. The molecule has 3 heteroatoms. The average molecular weight is 259 g/mol. The SMILES string of the molecule is C[C@H](CC(=O)C1CC1)c1ccc(N2CC(O)C2)cc1. The molecule has 1 heterocycles. The highest BCUT2D eigenvalue weighted by Gasteiger charge is 2.30. The Hall–Kier alpha value is -1.35. The number of ketones is 1. The highest BCUT2D eigenvalue weighted by molar-refractivity contribution is 5.83.